The maximum Gasteiger partial charge on any atom is 0.0626 e. The van der Waals surface area contributed by atoms with Crippen LogP contribution in [0.3, 0.4) is 0 Å². The molecule has 0 saturated heterocycles. The number of rotatable bonds is 6. The molecule has 0 amide bonds. The summed E-state index contributed by atoms with van der Waals surface area (Å²) in [5, 5.41) is 15.4. The number of hydrogen-bond acceptors (Lipinski definition) is 0. The van der Waals surface area contributed by atoms with E-state index in [9.17, 15) is 0 Å². The van der Waals surface area contributed by atoms with Gasteiger partial charge in [-0.15, -0.1) is 0 Å². The number of fused-ring (bicyclic) bond motifs is 16. The molecule has 16 aromatic rings. The van der Waals surface area contributed by atoms with Crippen LogP contribution in [0.25, 0.3) is 153 Å². The van der Waals surface area contributed by atoms with Gasteiger partial charge in [0.1, 0.15) is 0 Å². The molecule has 0 saturated carbocycles. The molecular formula is C71H46N2. The topological polar surface area (TPSA) is 8.82 Å². The van der Waals surface area contributed by atoms with Crippen LogP contribution < -0.4 is 0 Å². The summed E-state index contributed by atoms with van der Waals surface area (Å²) in [4.78, 5) is 0. The minimum absolute atomic E-state index is 0.498. The SMILES string of the molecule is CC(C)c1ccc(-c2ccc3c(c2)c2c4ccccc4cc4c5ccc(-c6ccc7cc8c9ccccc9n9c%10ccc(-c%11cc(-c%12ccccc%12)cc(-c%12ccccc%12)c%11)cc%10c(c7c6)c89)cc5n3c42)cc1. The van der Waals surface area contributed by atoms with Gasteiger partial charge in [-0.25, -0.2) is 0 Å². The summed E-state index contributed by atoms with van der Waals surface area (Å²) < 4.78 is 5.07. The van der Waals surface area contributed by atoms with Crippen molar-refractivity contribution in [3.05, 3.63) is 242 Å². The average molecular weight is 927 g/mol. The Labute approximate surface area is 421 Å². The Morgan fingerprint density at radius 3 is 1.33 bits per heavy atom. The van der Waals surface area contributed by atoms with Crippen LogP contribution in [0.5, 0.6) is 0 Å². The maximum atomic E-state index is 2.55. The van der Waals surface area contributed by atoms with Gasteiger partial charge in [-0.3, -0.25) is 0 Å². The van der Waals surface area contributed by atoms with Gasteiger partial charge in [-0.1, -0.05) is 178 Å². The van der Waals surface area contributed by atoms with E-state index in [1.807, 2.05) is 0 Å². The molecule has 4 aromatic heterocycles. The second-order valence-corrected chi connectivity index (χ2v) is 20.6. The lowest BCUT2D eigenvalue weighted by molar-refractivity contribution is 0.867. The summed E-state index contributed by atoms with van der Waals surface area (Å²) >= 11 is 0. The minimum atomic E-state index is 0.498. The first-order chi connectivity index (χ1) is 36.0. The Bertz CT molecular complexity index is 4840. The lowest BCUT2D eigenvalue weighted by Crippen LogP contribution is -1.87. The van der Waals surface area contributed by atoms with Crippen molar-refractivity contribution in [3.8, 4) is 55.6 Å². The highest BCUT2D eigenvalue weighted by Gasteiger charge is 2.24. The Kier molecular flexibility index (Phi) is 8.39. The first-order valence-electron chi connectivity index (χ1n) is 25.7. The molecule has 0 fully saturated rings. The third kappa shape index (κ3) is 5.86. The second-order valence-electron chi connectivity index (χ2n) is 20.6. The van der Waals surface area contributed by atoms with Crippen molar-refractivity contribution in [1.82, 2.24) is 8.80 Å². The molecule has 0 N–H and O–H groups in total. The van der Waals surface area contributed by atoms with Gasteiger partial charge in [-0.05, 0) is 161 Å². The zero-order valence-electron chi connectivity index (χ0n) is 40.5. The number of hydrogen-bond donors (Lipinski definition) is 0. The summed E-state index contributed by atoms with van der Waals surface area (Å²) in [5.41, 5.74) is 21.1. The van der Waals surface area contributed by atoms with Gasteiger partial charge >= 0.3 is 0 Å². The van der Waals surface area contributed by atoms with Crippen LogP contribution in [0.2, 0.25) is 0 Å². The highest BCUT2D eigenvalue weighted by molar-refractivity contribution is 6.33. The van der Waals surface area contributed by atoms with Gasteiger partial charge in [0.15, 0.2) is 0 Å². The van der Waals surface area contributed by atoms with Gasteiger partial charge in [0.05, 0.1) is 33.1 Å². The summed E-state index contributed by atoms with van der Waals surface area (Å²) in [6.45, 7) is 4.52. The fourth-order valence-corrected chi connectivity index (χ4v) is 12.8. The zero-order valence-corrected chi connectivity index (χ0v) is 40.5. The van der Waals surface area contributed by atoms with E-state index in [1.54, 1.807) is 0 Å². The summed E-state index contributed by atoms with van der Waals surface area (Å²) in [5.74, 6) is 0.498. The molecule has 2 nitrogen and oxygen atoms in total. The molecule has 0 radical (unpaired) electrons. The predicted octanol–water partition coefficient (Wildman–Crippen LogP) is 19.8. The molecular weight excluding hydrogens is 881 g/mol. The van der Waals surface area contributed by atoms with E-state index in [0.29, 0.717) is 5.92 Å². The van der Waals surface area contributed by atoms with Crippen LogP contribution in [0.4, 0.5) is 0 Å². The smallest absolute Gasteiger partial charge is 0.0626 e. The van der Waals surface area contributed by atoms with Gasteiger partial charge in [0.25, 0.3) is 0 Å². The third-order valence-corrected chi connectivity index (χ3v) is 16.3. The summed E-state index contributed by atoms with van der Waals surface area (Å²) in [6.07, 6.45) is 0. The van der Waals surface area contributed by atoms with Crippen LogP contribution >= 0.6 is 0 Å². The van der Waals surface area contributed by atoms with Crippen molar-refractivity contribution < 1.29 is 0 Å². The maximum absolute atomic E-state index is 2.55. The molecule has 0 aliphatic heterocycles. The van der Waals surface area contributed by atoms with Gasteiger partial charge in [0.2, 0.25) is 0 Å². The van der Waals surface area contributed by atoms with E-state index < -0.39 is 0 Å². The first kappa shape index (κ1) is 40.5. The minimum Gasteiger partial charge on any atom is -0.308 e. The van der Waals surface area contributed by atoms with Crippen LogP contribution in [-0.2, 0) is 0 Å². The van der Waals surface area contributed by atoms with Crippen molar-refractivity contribution in [3.63, 3.8) is 0 Å². The van der Waals surface area contributed by atoms with Crippen LogP contribution in [0.15, 0.2) is 237 Å². The molecule has 0 bridgehead atoms. The summed E-state index contributed by atoms with van der Waals surface area (Å²) in [7, 11) is 0. The fraction of sp³-hybridized carbons (Fsp3) is 0.0423. The molecule has 0 unspecified atom stereocenters. The van der Waals surface area contributed by atoms with Crippen molar-refractivity contribution >= 4 is 97.7 Å². The molecule has 73 heavy (non-hydrogen) atoms. The van der Waals surface area contributed by atoms with E-state index in [2.05, 4.69) is 259 Å². The molecule has 340 valence electrons. The fourth-order valence-electron chi connectivity index (χ4n) is 12.8. The van der Waals surface area contributed by atoms with Gasteiger partial charge < -0.3 is 8.80 Å². The van der Waals surface area contributed by atoms with Crippen LogP contribution in [-0.4, -0.2) is 8.80 Å². The average Bonchev–Trinajstić information content (AvgIpc) is 4.19. The second kappa shape index (κ2) is 15.1. The molecule has 0 atom stereocenters. The molecule has 0 spiro atoms. The van der Waals surface area contributed by atoms with E-state index in [4.69, 9.17) is 0 Å². The first-order valence-corrected chi connectivity index (χ1v) is 25.7. The Hall–Kier alpha value is -9.24. The van der Waals surface area contributed by atoms with Gasteiger partial charge in [-0.2, -0.15) is 0 Å². The Balaban J connectivity index is 0.919. The molecule has 12 aromatic carbocycles. The highest BCUT2D eigenvalue weighted by Crippen LogP contribution is 2.48. The summed E-state index contributed by atoms with van der Waals surface area (Å²) in [6, 6.07) is 89.1. The van der Waals surface area contributed by atoms with E-state index in [0.717, 1.165) is 0 Å². The lowest BCUT2D eigenvalue weighted by atomic mass is 9.92. The van der Waals surface area contributed by atoms with E-state index in [-0.39, 0.29) is 0 Å². The molecule has 0 aliphatic carbocycles. The Morgan fingerprint density at radius 2 is 0.671 bits per heavy atom. The number of para-hydroxylation sites is 1. The molecule has 0 aliphatic rings. The van der Waals surface area contributed by atoms with Crippen molar-refractivity contribution in [1.29, 1.82) is 0 Å². The highest BCUT2D eigenvalue weighted by atomic mass is 14.9. The van der Waals surface area contributed by atoms with Crippen molar-refractivity contribution in [2.24, 2.45) is 0 Å². The molecule has 2 heteroatoms. The van der Waals surface area contributed by atoms with Crippen molar-refractivity contribution in [2.45, 2.75) is 19.8 Å². The normalized spacial score (nSPS) is 12.4. The molecule has 4 heterocycles. The van der Waals surface area contributed by atoms with Gasteiger partial charge in [0, 0.05) is 43.1 Å². The van der Waals surface area contributed by atoms with Crippen LogP contribution in [0, 0.1) is 0 Å². The molecule has 16 rings (SSSR count). The van der Waals surface area contributed by atoms with E-state index >= 15 is 0 Å². The third-order valence-electron chi connectivity index (χ3n) is 16.3. The van der Waals surface area contributed by atoms with Crippen molar-refractivity contribution in [2.75, 3.05) is 0 Å². The van der Waals surface area contributed by atoms with E-state index in [1.165, 1.54) is 159 Å². The zero-order chi connectivity index (χ0) is 48.1. The van der Waals surface area contributed by atoms with Crippen LogP contribution in [0.1, 0.15) is 25.3 Å². The Morgan fingerprint density at radius 1 is 0.247 bits per heavy atom. The number of nitrogens with zero attached hydrogens (tertiary/aromatic N) is 2. The lowest BCUT2D eigenvalue weighted by Gasteiger charge is -2.12. The number of benzene rings is 12. The number of aromatic nitrogens is 2. The standard InChI is InChI=1S/C71H46N2/c1-42(2)43-21-23-46(24-22-43)47-28-31-66-62(37-47)68-56-18-10-9-17-51(56)39-61-58-30-27-50(41-67(58)73(66)70(61)68)48-25-26-52-40-60-57-19-11-12-20-64(57)72-65-32-29-49(38-63(65)69(71(60)72)59(52)36-48)55-34-53(44-13-5-3-6-14-44)33-54(35-55)45-15-7-4-8-16-45/h3-42H,1-2H3. The largest absolute Gasteiger partial charge is 0.308 e. The predicted molar refractivity (Wildman–Crippen MR) is 312 cm³/mol. The monoisotopic (exact) mass is 926 g/mol. The quantitative estimate of drug-likeness (QED) is 0.157.